The zero-order valence-electron chi connectivity index (χ0n) is 19.9. The van der Waals surface area contributed by atoms with Gasteiger partial charge in [0, 0.05) is 18.7 Å². The number of esters is 3. The summed E-state index contributed by atoms with van der Waals surface area (Å²) in [7, 11) is 0. The van der Waals surface area contributed by atoms with Gasteiger partial charge in [-0.05, 0) is 40.0 Å². The number of rotatable bonds is 15. The molecule has 0 rings (SSSR count). The van der Waals surface area contributed by atoms with Crippen LogP contribution in [0.4, 0.5) is 9.59 Å². The molecule has 0 aliphatic carbocycles. The largest absolute Gasteiger partial charge is 0.459 e. The van der Waals surface area contributed by atoms with E-state index in [0.717, 1.165) is 12.2 Å². The van der Waals surface area contributed by atoms with Crippen LogP contribution in [0.25, 0.3) is 0 Å². The maximum Gasteiger partial charge on any atom is 0.407 e. The van der Waals surface area contributed by atoms with Gasteiger partial charge in [0.2, 0.25) is 0 Å². The van der Waals surface area contributed by atoms with E-state index in [1.165, 1.54) is 0 Å². The minimum atomic E-state index is -0.978. The Labute approximate surface area is 198 Å². The van der Waals surface area contributed by atoms with E-state index >= 15 is 0 Å². The highest BCUT2D eigenvalue weighted by Gasteiger charge is 2.26. The number of amides is 2. The molecule has 1 atom stereocenters. The molecule has 0 aliphatic heterocycles. The summed E-state index contributed by atoms with van der Waals surface area (Å²) in [6.45, 7) is 11.3. The predicted octanol–water partition coefficient (Wildman–Crippen LogP) is 1.78. The predicted molar refractivity (Wildman–Crippen MR) is 120 cm³/mol. The average Bonchev–Trinajstić information content (AvgIpc) is 2.76. The second-order valence-electron chi connectivity index (χ2n) is 7.67. The van der Waals surface area contributed by atoms with Crippen LogP contribution in [-0.2, 0) is 38.1 Å². The molecule has 0 aromatic carbocycles. The molecule has 0 saturated heterocycles. The molecular formula is C22H34N2O10. The number of hydrogen-bond acceptors (Lipinski definition) is 10. The monoisotopic (exact) mass is 486 g/mol. The highest BCUT2D eigenvalue weighted by molar-refractivity contribution is 5.82. The smallest absolute Gasteiger partial charge is 0.407 e. The molecule has 0 aromatic rings. The maximum absolute atomic E-state index is 12.4. The quantitative estimate of drug-likeness (QED) is 0.151. The van der Waals surface area contributed by atoms with Gasteiger partial charge in [-0.1, -0.05) is 13.2 Å². The third-order valence-electron chi connectivity index (χ3n) is 3.63. The molecule has 0 aliphatic rings. The van der Waals surface area contributed by atoms with Crippen molar-refractivity contribution in [3.8, 4) is 0 Å². The Balaban J connectivity index is 4.38. The summed E-state index contributed by atoms with van der Waals surface area (Å²) in [5.74, 6) is -1.90. The van der Waals surface area contributed by atoms with E-state index in [0.29, 0.717) is 12.8 Å². The van der Waals surface area contributed by atoms with Crippen LogP contribution in [0.2, 0.25) is 0 Å². The van der Waals surface area contributed by atoms with Gasteiger partial charge in [-0.15, -0.1) is 0 Å². The number of hydrogen-bond donors (Lipinski definition) is 2. The van der Waals surface area contributed by atoms with Gasteiger partial charge in [-0.2, -0.15) is 0 Å². The van der Waals surface area contributed by atoms with Gasteiger partial charge in [-0.3, -0.25) is 0 Å². The van der Waals surface area contributed by atoms with Crippen molar-refractivity contribution in [2.24, 2.45) is 0 Å². The first-order chi connectivity index (χ1) is 16.0. The van der Waals surface area contributed by atoms with Gasteiger partial charge in [0.1, 0.15) is 38.1 Å². The molecule has 0 radical (unpaired) electrons. The molecule has 12 heteroatoms. The molecule has 0 heterocycles. The Hall–Kier alpha value is -3.57. The van der Waals surface area contributed by atoms with Crippen molar-refractivity contribution in [3.05, 3.63) is 25.3 Å². The molecule has 0 fully saturated rings. The summed E-state index contributed by atoms with van der Waals surface area (Å²) < 4.78 is 24.4. The Bertz CT molecular complexity index is 715. The molecule has 34 heavy (non-hydrogen) atoms. The van der Waals surface area contributed by atoms with Crippen molar-refractivity contribution in [3.63, 3.8) is 0 Å². The third-order valence-corrected chi connectivity index (χ3v) is 3.63. The molecule has 0 unspecified atom stereocenters. The second kappa shape index (κ2) is 17.0. The number of carbonyl (C=O) groups is 5. The van der Waals surface area contributed by atoms with E-state index in [1.54, 1.807) is 20.8 Å². The SMILES string of the molecule is C=CC(=O)OCCOC(=O)NCCCC[C@H](NC(=O)OCCOC(=O)C=C)C(=O)OC(C)(C)C. The highest BCUT2D eigenvalue weighted by atomic mass is 16.6. The summed E-state index contributed by atoms with van der Waals surface area (Å²) in [4.78, 5) is 57.8. The fourth-order valence-corrected chi connectivity index (χ4v) is 2.19. The Morgan fingerprint density at radius 2 is 1.29 bits per heavy atom. The molecule has 0 bridgehead atoms. The summed E-state index contributed by atoms with van der Waals surface area (Å²) in [5.41, 5.74) is -0.759. The second-order valence-corrected chi connectivity index (χ2v) is 7.67. The van der Waals surface area contributed by atoms with Crippen molar-refractivity contribution in [1.29, 1.82) is 0 Å². The molecular weight excluding hydrogens is 452 g/mol. The molecule has 12 nitrogen and oxygen atoms in total. The van der Waals surface area contributed by atoms with Crippen LogP contribution < -0.4 is 10.6 Å². The van der Waals surface area contributed by atoms with Crippen LogP contribution in [0.5, 0.6) is 0 Å². The number of nitrogens with one attached hydrogen (secondary N) is 2. The van der Waals surface area contributed by atoms with Crippen molar-refractivity contribution < 1.29 is 47.7 Å². The Morgan fingerprint density at radius 1 is 0.794 bits per heavy atom. The fourth-order valence-electron chi connectivity index (χ4n) is 2.19. The van der Waals surface area contributed by atoms with Gasteiger partial charge in [0.25, 0.3) is 0 Å². The number of carbonyl (C=O) groups excluding carboxylic acids is 5. The minimum absolute atomic E-state index is 0.0890. The first kappa shape index (κ1) is 30.4. The van der Waals surface area contributed by atoms with Crippen LogP contribution >= 0.6 is 0 Å². The van der Waals surface area contributed by atoms with Crippen molar-refractivity contribution in [2.45, 2.75) is 51.7 Å². The van der Waals surface area contributed by atoms with Crippen LogP contribution in [0.3, 0.4) is 0 Å². The third kappa shape index (κ3) is 17.0. The lowest BCUT2D eigenvalue weighted by Crippen LogP contribution is -2.44. The molecule has 2 amide bonds. The van der Waals surface area contributed by atoms with Crippen molar-refractivity contribution in [2.75, 3.05) is 33.0 Å². The van der Waals surface area contributed by atoms with E-state index in [4.69, 9.17) is 18.9 Å². The molecule has 2 N–H and O–H groups in total. The number of alkyl carbamates (subject to hydrolysis) is 2. The number of ether oxygens (including phenoxy) is 5. The topological polar surface area (TPSA) is 156 Å². The number of unbranched alkanes of at least 4 members (excludes halogenated alkanes) is 1. The van der Waals surface area contributed by atoms with Gasteiger partial charge in [0.05, 0.1) is 0 Å². The van der Waals surface area contributed by atoms with Crippen LogP contribution in [-0.4, -0.2) is 74.7 Å². The highest BCUT2D eigenvalue weighted by Crippen LogP contribution is 2.11. The lowest BCUT2D eigenvalue weighted by molar-refractivity contribution is -0.157. The van der Waals surface area contributed by atoms with E-state index in [1.807, 2.05) is 0 Å². The summed E-state index contributed by atoms with van der Waals surface area (Å²) in [6.07, 6.45) is 1.59. The lowest BCUT2D eigenvalue weighted by Gasteiger charge is -2.24. The van der Waals surface area contributed by atoms with E-state index in [-0.39, 0.29) is 39.4 Å². The van der Waals surface area contributed by atoms with Gasteiger partial charge in [0.15, 0.2) is 0 Å². The van der Waals surface area contributed by atoms with Crippen LogP contribution in [0.1, 0.15) is 40.0 Å². The molecule has 0 aromatic heterocycles. The van der Waals surface area contributed by atoms with E-state index in [2.05, 4.69) is 28.5 Å². The van der Waals surface area contributed by atoms with Crippen molar-refractivity contribution >= 4 is 30.1 Å². The molecule has 0 saturated carbocycles. The first-order valence-corrected chi connectivity index (χ1v) is 10.6. The molecule has 0 spiro atoms. The summed E-state index contributed by atoms with van der Waals surface area (Å²) in [6, 6.07) is -0.978. The first-order valence-electron chi connectivity index (χ1n) is 10.6. The van der Waals surface area contributed by atoms with Crippen LogP contribution in [0.15, 0.2) is 25.3 Å². The van der Waals surface area contributed by atoms with E-state index in [9.17, 15) is 24.0 Å². The van der Waals surface area contributed by atoms with Crippen molar-refractivity contribution in [1.82, 2.24) is 10.6 Å². The summed E-state index contributed by atoms with van der Waals surface area (Å²) in [5, 5.41) is 4.95. The zero-order valence-corrected chi connectivity index (χ0v) is 19.9. The fraction of sp³-hybridized carbons (Fsp3) is 0.591. The van der Waals surface area contributed by atoms with Crippen LogP contribution in [0, 0.1) is 0 Å². The zero-order chi connectivity index (χ0) is 26.0. The Morgan fingerprint density at radius 3 is 1.79 bits per heavy atom. The standard InChI is InChI=1S/C22H34N2O10/c1-6-17(25)30-12-14-32-20(28)23-11-9-8-10-16(19(27)34-22(3,4)5)24-21(29)33-15-13-31-18(26)7-2/h6-7,16H,1-2,8-15H2,3-5H3,(H,23,28)(H,24,29)/t16-/m0/s1. The Kier molecular flexibility index (Phi) is 15.2. The normalized spacial score (nSPS) is 11.3. The lowest BCUT2D eigenvalue weighted by atomic mass is 10.1. The maximum atomic E-state index is 12.4. The van der Waals surface area contributed by atoms with Gasteiger partial charge >= 0.3 is 30.1 Å². The van der Waals surface area contributed by atoms with Gasteiger partial charge in [-0.25, -0.2) is 24.0 Å². The van der Waals surface area contributed by atoms with Gasteiger partial charge < -0.3 is 34.3 Å². The van der Waals surface area contributed by atoms with E-state index < -0.39 is 41.7 Å². The minimum Gasteiger partial charge on any atom is -0.459 e. The average molecular weight is 487 g/mol. The summed E-state index contributed by atoms with van der Waals surface area (Å²) >= 11 is 0. The molecule has 192 valence electrons.